The zero-order valence-corrected chi connectivity index (χ0v) is 5.44. The number of rotatable bonds is 3. The molecule has 0 aromatic rings. The molecular weight excluding hydrogens is 104 g/mol. The van der Waals surface area contributed by atoms with E-state index in [4.69, 9.17) is 9.47 Å². The average molecular weight is 116 g/mol. The van der Waals surface area contributed by atoms with Crippen molar-refractivity contribution in [1.82, 2.24) is 0 Å². The molecule has 8 heavy (non-hydrogen) atoms. The van der Waals surface area contributed by atoms with E-state index >= 15 is 0 Å². The van der Waals surface area contributed by atoms with Crippen molar-refractivity contribution in [3.05, 3.63) is 0 Å². The van der Waals surface area contributed by atoms with E-state index < -0.39 is 0 Å². The van der Waals surface area contributed by atoms with Gasteiger partial charge in [-0.1, -0.05) is 13.3 Å². The predicted octanol–water partition coefficient (Wildman–Crippen LogP) is 1.16. The van der Waals surface area contributed by atoms with Crippen molar-refractivity contribution in [3.8, 4) is 0 Å². The van der Waals surface area contributed by atoms with Crippen LogP contribution in [0, 0.1) is 0 Å². The van der Waals surface area contributed by atoms with E-state index in [1.807, 2.05) is 0 Å². The molecule has 1 saturated heterocycles. The number of hydrogen-bond acceptors (Lipinski definition) is 2. The van der Waals surface area contributed by atoms with Gasteiger partial charge < -0.3 is 9.47 Å². The summed E-state index contributed by atoms with van der Waals surface area (Å²) in [4.78, 5) is 0. The Balaban J connectivity index is 2.20. The molecule has 48 valence electrons. The fourth-order valence-corrected chi connectivity index (χ4v) is 0.826. The summed E-state index contributed by atoms with van der Waals surface area (Å²) in [6.07, 6.45) is 2.16. The Morgan fingerprint density at radius 2 is 2.38 bits per heavy atom. The topological polar surface area (TPSA) is 21.8 Å². The van der Waals surface area contributed by atoms with Gasteiger partial charge in [0.15, 0.2) is 5.79 Å². The maximum absolute atomic E-state index is 5.07. The standard InChI is InChI=1S/C6H12O2/c1-3-4-6(7-2)5-8-6/h3-5H2,1-2H3. The lowest BCUT2D eigenvalue weighted by molar-refractivity contribution is -0.0164. The van der Waals surface area contributed by atoms with Gasteiger partial charge in [0.1, 0.15) is 6.61 Å². The first-order chi connectivity index (χ1) is 3.83. The Kier molecular flexibility index (Phi) is 1.54. The monoisotopic (exact) mass is 116 g/mol. The molecule has 0 amide bonds. The van der Waals surface area contributed by atoms with E-state index in [1.165, 1.54) is 0 Å². The highest BCUT2D eigenvalue weighted by atomic mass is 16.8. The number of ether oxygens (including phenoxy) is 2. The van der Waals surface area contributed by atoms with E-state index in [1.54, 1.807) is 7.11 Å². The quantitative estimate of drug-likeness (QED) is 0.516. The molecule has 0 spiro atoms. The van der Waals surface area contributed by atoms with E-state index in [2.05, 4.69) is 6.92 Å². The lowest BCUT2D eigenvalue weighted by atomic mass is 10.2. The summed E-state index contributed by atoms with van der Waals surface area (Å²) < 4.78 is 10.1. The molecular formula is C6H12O2. The van der Waals surface area contributed by atoms with Crippen molar-refractivity contribution in [2.75, 3.05) is 13.7 Å². The predicted molar refractivity (Wildman–Crippen MR) is 30.6 cm³/mol. The minimum absolute atomic E-state index is 0.158. The minimum Gasteiger partial charge on any atom is -0.351 e. The van der Waals surface area contributed by atoms with Crippen LogP contribution < -0.4 is 0 Å². The fourth-order valence-electron chi connectivity index (χ4n) is 0.826. The second kappa shape index (κ2) is 2.03. The van der Waals surface area contributed by atoms with Crippen molar-refractivity contribution in [2.24, 2.45) is 0 Å². The van der Waals surface area contributed by atoms with Gasteiger partial charge in [-0.05, 0) is 0 Å². The zero-order chi connectivity index (χ0) is 6.04. The first kappa shape index (κ1) is 6.05. The summed E-state index contributed by atoms with van der Waals surface area (Å²) in [7, 11) is 1.70. The molecule has 0 aromatic heterocycles. The largest absolute Gasteiger partial charge is 0.351 e. The van der Waals surface area contributed by atoms with E-state index in [0.717, 1.165) is 19.4 Å². The molecule has 1 aliphatic rings. The van der Waals surface area contributed by atoms with Gasteiger partial charge in [-0.3, -0.25) is 0 Å². The zero-order valence-electron chi connectivity index (χ0n) is 5.44. The molecule has 1 atom stereocenters. The third-order valence-electron chi connectivity index (χ3n) is 1.47. The molecule has 1 heterocycles. The van der Waals surface area contributed by atoms with Crippen LogP contribution in [0.4, 0.5) is 0 Å². The SMILES string of the molecule is CCCC1(OC)CO1. The van der Waals surface area contributed by atoms with Gasteiger partial charge in [0, 0.05) is 13.5 Å². The Bertz CT molecular complexity index is 76.6. The molecule has 0 saturated carbocycles. The highest BCUT2D eigenvalue weighted by molar-refractivity contribution is 4.80. The van der Waals surface area contributed by atoms with Gasteiger partial charge in [-0.2, -0.15) is 0 Å². The van der Waals surface area contributed by atoms with Crippen molar-refractivity contribution < 1.29 is 9.47 Å². The van der Waals surface area contributed by atoms with Gasteiger partial charge in [-0.15, -0.1) is 0 Å². The van der Waals surface area contributed by atoms with Crippen LogP contribution in [0.5, 0.6) is 0 Å². The Morgan fingerprint density at radius 3 is 2.50 bits per heavy atom. The Labute approximate surface area is 49.8 Å². The summed E-state index contributed by atoms with van der Waals surface area (Å²) in [6, 6.07) is 0. The van der Waals surface area contributed by atoms with Crippen LogP contribution in [0.1, 0.15) is 19.8 Å². The normalized spacial score (nSPS) is 35.2. The maximum atomic E-state index is 5.07. The van der Waals surface area contributed by atoms with Crippen LogP contribution in [0.3, 0.4) is 0 Å². The molecule has 1 rings (SSSR count). The van der Waals surface area contributed by atoms with Gasteiger partial charge in [0.05, 0.1) is 0 Å². The van der Waals surface area contributed by atoms with Gasteiger partial charge in [-0.25, -0.2) is 0 Å². The van der Waals surface area contributed by atoms with Crippen molar-refractivity contribution >= 4 is 0 Å². The average Bonchev–Trinajstić information content (AvgIpc) is 2.50. The third-order valence-corrected chi connectivity index (χ3v) is 1.47. The highest BCUT2D eigenvalue weighted by Crippen LogP contribution is 2.32. The smallest absolute Gasteiger partial charge is 0.191 e. The van der Waals surface area contributed by atoms with Crippen LogP contribution in [0.15, 0.2) is 0 Å². The van der Waals surface area contributed by atoms with Gasteiger partial charge >= 0.3 is 0 Å². The number of methoxy groups -OCH3 is 1. The van der Waals surface area contributed by atoms with Crippen molar-refractivity contribution in [1.29, 1.82) is 0 Å². The molecule has 1 aliphatic heterocycles. The lowest BCUT2D eigenvalue weighted by Gasteiger charge is -2.05. The second-order valence-electron chi connectivity index (χ2n) is 2.15. The Morgan fingerprint density at radius 1 is 1.75 bits per heavy atom. The fraction of sp³-hybridized carbons (Fsp3) is 1.00. The van der Waals surface area contributed by atoms with E-state index in [0.29, 0.717) is 0 Å². The molecule has 0 aliphatic carbocycles. The molecule has 0 aromatic carbocycles. The third kappa shape index (κ3) is 1.01. The number of epoxide rings is 1. The van der Waals surface area contributed by atoms with Crippen molar-refractivity contribution in [3.63, 3.8) is 0 Å². The molecule has 2 nitrogen and oxygen atoms in total. The first-order valence-corrected chi connectivity index (χ1v) is 3.02. The Hall–Kier alpha value is -0.0800. The second-order valence-corrected chi connectivity index (χ2v) is 2.15. The molecule has 1 fully saturated rings. The lowest BCUT2D eigenvalue weighted by Crippen LogP contribution is -2.12. The van der Waals surface area contributed by atoms with Crippen LogP contribution in [0.25, 0.3) is 0 Å². The summed E-state index contributed by atoms with van der Waals surface area (Å²) >= 11 is 0. The molecule has 1 unspecified atom stereocenters. The summed E-state index contributed by atoms with van der Waals surface area (Å²) in [5.74, 6) is -0.158. The van der Waals surface area contributed by atoms with Crippen LogP contribution in [-0.2, 0) is 9.47 Å². The van der Waals surface area contributed by atoms with Crippen molar-refractivity contribution in [2.45, 2.75) is 25.6 Å². The van der Waals surface area contributed by atoms with Crippen LogP contribution in [0.2, 0.25) is 0 Å². The number of hydrogen-bond donors (Lipinski definition) is 0. The van der Waals surface area contributed by atoms with Crippen LogP contribution >= 0.6 is 0 Å². The first-order valence-electron chi connectivity index (χ1n) is 3.02. The van der Waals surface area contributed by atoms with E-state index in [9.17, 15) is 0 Å². The highest BCUT2D eigenvalue weighted by Gasteiger charge is 2.43. The maximum Gasteiger partial charge on any atom is 0.191 e. The minimum atomic E-state index is -0.158. The molecule has 2 heteroatoms. The summed E-state index contributed by atoms with van der Waals surface area (Å²) in [5, 5.41) is 0. The van der Waals surface area contributed by atoms with E-state index in [-0.39, 0.29) is 5.79 Å². The summed E-state index contributed by atoms with van der Waals surface area (Å²) in [6.45, 7) is 2.92. The summed E-state index contributed by atoms with van der Waals surface area (Å²) in [5.41, 5.74) is 0. The van der Waals surface area contributed by atoms with Gasteiger partial charge in [0.25, 0.3) is 0 Å². The molecule has 0 N–H and O–H groups in total. The van der Waals surface area contributed by atoms with Gasteiger partial charge in [0.2, 0.25) is 0 Å². The molecule has 0 radical (unpaired) electrons. The van der Waals surface area contributed by atoms with Crippen LogP contribution in [-0.4, -0.2) is 19.5 Å². The molecule has 0 bridgehead atoms.